The Hall–Kier alpha value is -5.10. The molecule has 0 spiro atoms. The van der Waals surface area contributed by atoms with Crippen molar-refractivity contribution in [3.05, 3.63) is 0 Å². The highest BCUT2D eigenvalue weighted by Crippen LogP contribution is 2.24. The molecule has 0 aliphatic heterocycles. The minimum absolute atomic E-state index is 0.0243. The van der Waals surface area contributed by atoms with Crippen LogP contribution in [-0.4, -0.2) is 107 Å². The van der Waals surface area contributed by atoms with Crippen molar-refractivity contribution >= 4 is 81.2 Å². The molecule has 0 heterocycles. The topological polar surface area (TPSA) is 315 Å². The van der Waals surface area contributed by atoms with Gasteiger partial charge >= 0.3 is 0 Å². The number of carbonyl (C=O) groups is 14. The molecule has 18 nitrogen and oxygen atoms in total. The molecule has 0 saturated carbocycles. The Kier molecular flexibility index (Phi) is 72.6. The van der Waals surface area contributed by atoms with Gasteiger partial charge in [0.25, 0.3) is 0 Å². The number of hydrogen-bond acceptors (Lipinski definition) is 16. The molecule has 0 aliphatic carbocycles. The molecule has 18 heteroatoms. The van der Waals surface area contributed by atoms with Crippen molar-refractivity contribution < 1.29 is 67.1 Å². The molecule has 0 aromatic heterocycles. The van der Waals surface area contributed by atoms with Crippen LogP contribution in [0.4, 0.5) is 0 Å². The quantitative estimate of drug-likeness (QED) is 0.0411. The van der Waals surface area contributed by atoms with Gasteiger partial charge in [-0.1, -0.05) is 124 Å². The Morgan fingerprint density at radius 2 is 0.475 bits per heavy atom. The SMILES string of the molecule is CCC(=O)CCCCCCC(=O)C(CCCCN)CC(=O)CCCCCCC(C)=O.CCC(=O)CCCCCCC(=O)C(CCCCN)CC(=O)CCCCCCC(C)=O.CCC(=O)CCCCCCC(=O)C(CCCCNC(=O)CCCCCNC(C)=O)CC(=O)CCCCCCC(C)=O. The maximum absolute atomic E-state index is 13.0. The van der Waals surface area contributed by atoms with Crippen LogP contribution in [0.25, 0.3) is 0 Å². The number of hydrogen-bond donors (Lipinski definition) is 4. The summed E-state index contributed by atoms with van der Waals surface area (Å²) in [7, 11) is 0. The van der Waals surface area contributed by atoms with E-state index in [1.54, 1.807) is 20.8 Å². The van der Waals surface area contributed by atoms with Crippen LogP contribution in [0.3, 0.4) is 0 Å². The van der Waals surface area contributed by atoms with Gasteiger partial charge < -0.3 is 36.5 Å². The highest BCUT2D eigenvalue weighted by Gasteiger charge is 2.24. The Labute approximate surface area is 613 Å². The van der Waals surface area contributed by atoms with E-state index in [1.807, 2.05) is 20.8 Å². The zero-order valence-electron chi connectivity index (χ0n) is 65.3. The first kappa shape index (κ1) is 100. The van der Waals surface area contributed by atoms with Crippen LogP contribution in [0.15, 0.2) is 0 Å². The van der Waals surface area contributed by atoms with Crippen molar-refractivity contribution in [3.8, 4) is 0 Å². The van der Waals surface area contributed by atoms with Gasteiger partial charge in [-0.3, -0.25) is 52.7 Å². The lowest BCUT2D eigenvalue weighted by atomic mass is 9.88. The number of rotatable bonds is 73. The highest BCUT2D eigenvalue weighted by molar-refractivity contribution is 5.89. The lowest BCUT2D eigenvalue weighted by molar-refractivity contribution is -0.128. The third-order valence-corrected chi connectivity index (χ3v) is 18.8. The van der Waals surface area contributed by atoms with Gasteiger partial charge in [0.05, 0.1) is 0 Å². The minimum Gasteiger partial charge on any atom is -0.356 e. The second kappa shape index (κ2) is 73.2. The van der Waals surface area contributed by atoms with Crippen LogP contribution < -0.4 is 22.1 Å². The van der Waals surface area contributed by atoms with E-state index in [-0.39, 0.29) is 87.4 Å². The summed E-state index contributed by atoms with van der Waals surface area (Å²) >= 11 is 0. The molecule has 0 rings (SSSR count). The van der Waals surface area contributed by atoms with E-state index in [1.165, 1.54) is 6.92 Å². The third-order valence-electron chi connectivity index (χ3n) is 18.8. The minimum atomic E-state index is -0.263. The molecule has 3 atom stereocenters. The summed E-state index contributed by atoms with van der Waals surface area (Å²) in [6.45, 7) is 14.4. The lowest BCUT2D eigenvalue weighted by Gasteiger charge is -2.16. The first-order valence-corrected chi connectivity index (χ1v) is 40.5. The largest absolute Gasteiger partial charge is 0.356 e. The van der Waals surface area contributed by atoms with Gasteiger partial charge in [0, 0.05) is 160 Å². The molecular weight excluding hydrogens is 1280 g/mol. The summed E-state index contributed by atoms with van der Waals surface area (Å²) < 4.78 is 0. The maximum Gasteiger partial charge on any atom is 0.219 e. The first-order chi connectivity index (χ1) is 48.5. The van der Waals surface area contributed by atoms with Gasteiger partial charge in [0.2, 0.25) is 11.8 Å². The molecule has 0 fully saturated rings. The van der Waals surface area contributed by atoms with Gasteiger partial charge in [-0.2, -0.15) is 0 Å². The lowest BCUT2D eigenvalue weighted by Crippen LogP contribution is -2.25. The van der Waals surface area contributed by atoms with E-state index in [0.717, 1.165) is 225 Å². The monoisotopic (exact) mass is 1430 g/mol. The summed E-state index contributed by atoms with van der Waals surface area (Å²) in [6.07, 6.45) is 41.8. The molecule has 3 unspecified atom stereocenters. The first-order valence-electron chi connectivity index (χ1n) is 40.5. The molecule has 2 amide bonds. The number of nitrogens with two attached hydrogens (primary N) is 2. The molecular formula is C83H148N4O14. The zero-order chi connectivity index (χ0) is 75.9. The maximum atomic E-state index is 13.0. The second-order valence-electron chi connectivity index (χ2n) is 28.7. The summed E-state index contributed by atoms with van der Waals surface area (Å²) in [4.78, 5) is 166. The molecule has 0 bridgehead atoms. The number of ketones is 12. The van der Waals surface area contributed by atoms with Crippen LogP contribution in [0, 0.1) is 17.8 Å². The summed E-state index contributed by atoms with van der Waals surface area (Å²) in [5.41, 5.74) is 11.2. The van der Waals surface area contributed by atoms with Crippen LogP contribution in [-0.2, 0) is 67.1 Å². The van der Waals surface area contributed by atoms with Crippen LogP contribution >= 0.6 is 0 Å². The van der Waals surface area contributed by atoms with Crippen molar-refractivity contribution in [2.75, 3.05) is 26.2 Å². The van der Waals surface area contributed by atoms with Crippen LogP contribution in [0.1, 0.15) is 402 Å². The molecule has 584 valence electrons. The second-order valence-corrected chi connectivity index (χ2v) is 28.7. The van der Waals surface area contributed by atoms with Crippen molar-refractivity contribution in [3.63, 3.8) is 0 Å². The summed E-state index contributed by atoms with van der Waals surface area (Å²) in [5, 5.41) is 5.70. The van der Waals surface area contributed by atoms with Crippen LogP contribution in [0.5, 0.6) is 0 Å². The molecule has 0 aromatic carbocycles. The Bertz CT molecular complexity index is 2170. The van der Waals surface area contributed by atoms with E-state index in [4.69, 9.17) is 11.5 Å². The molecule has 0 radical (unpaired) electrons. The zero-order valence-corrected chi connectivity index (χ0v) is 65.3. The van der Waals surface area contributed by atoms with E-state index >= 15 is 0 Å². The number of carbonyl (C=O) groups excluding carboxylic acids is 14. The highest BCUT2D eigenvalue weighted by atomic mass is 16.2. The van der Waals surface area contributed by atoms with E-state index in [0.29, 0.717) is 166 Å². The fraction of sp³-hybridized carbons (Fsp3) is 0.831. The Morgan fingerprint density at radius 3 is 0.743 bits per heavy atom. The third kappa shape index (κ3) is 73.0. The molecule has 0 aliphatic rings. The standard InChI is InChI=1S/C33H58N2O6.2C25H45NO4/c1-4-30(38)20-11-7-8-13-22-32(40)29(26-31(39)21-12-6-5-10-18-27(2)36)19-15-17-25-35-33(41)23-14-9-16-24-34-28(3)37;2*1-3-23(28)16-9-6-7-11-18-25(30)22(15-12-13-19-26)20-24(29)17-10-5-4-8-14-21(2)27/h29H,4-26H2,1-3H3,(H,34,37)(H,35,41);2*22H,3-20,26H2,1-2H3. The van der Waals surface area contributed by atoms with Crippen molar-refractivity contribution in [2.24, 2.45) is 29.2 Å². The van der Waals surface area contributed by atoms with Gasteiger partial charge in [0.15, 0.2) is 0 Å². The Morgan fingerprint density at radius 1 is 0.248 bits per heavy atom. The number of unbranched alkanes of at least 4 members (excludes halogenated alkanes) is 23. The predicted octanol–water partition coefficient (Wildman–Crippen LogP) is 17.4. The smallest absolute Gasteiger partial charge is 0.219 e. The van der Waals surface area contributed by atoms with E-state index in [9.17, 15) is 67.1 Å². The van der Waals surface area contributed by atoms with Crippen molar-refractivity contribution in [1.29, 1.82) is 0 Å². The average Bonchev–Trinajstić information content (AvgIpc) is 1.00. The van der Waals surface area contributed by atoms with Gasteiger partial charge in [-0.15, -0.1) is 0 Å². The fourth-order valence-corrected chi connectivity index (χ4v) is 12.2. The van der Waals surface area contributed by atoms with Gasteiger partial charge in [-0.25, -0.2) is 0 Å². The number of nitrogens with one attached hydrogen (secondary N) is 2. The Balaban J connectivity index is -0.00000145. The summed E-state index contributed by atoms with van der Waals surface area (Å²) in [5.74, 6) is 2.04. The summed E-state index contributed by atoms with van der Waals surface area (Å²) in [6, 6.07) is 0. The number of Topliss-reactive ketones (excluding diaryl/α,β-unsaturated/α-hetero) is 12. The fourth-order valence-electron chi connectivity index (χ4n) is 12.2. The van der Waals surface area contributed by atoms with Gasteiger partial charge in [-0.05, 0) is 162 Å². The molecule has 6 N–H and O–H groups in total. The predicted molar refractivity (Wildman–Crippen MR) is 408 cm³/mol. The van der Waals surface area contributed by atoms with Crippen molar-refractivity contribution in [1.82, 2.24) is 10.6 Å². The van der Waals surface area contributed by atoms with Gasteiger partial charge in [0.1, 0.15) is 69.4 Å². The van der Waals surface area contributed by atoms with Crippen LogP contribution in [0.2, 0.25) is 0 Å². The van der Waals surface area contributed by atoms with E-state index in [2.05, 4.69) is 10.6 Å². The van der Waals surface area contributed by atoms with Crippen molar-refractivity contribution in [2.45, 2.75) is 402 Å². The molecule has 0 aromatic rings. The molecule has 0 saturated heterocycles. The number of amides is 2. The normalized spacial score (nSPS) is 11.8. The van der Waals surface area contributed by atoms with E-state index < -0.39 is 0 Å². The molecule has 101 heavy (non-hydrogen) atoms. The average molecular weight is 1430 g/mol.